The van der Waals surface area contributed by atoms with E-state index in [4.69, 9.17) is 17.4 Å². The highest BCUT2D eigenvalue weighted by atomic mass is 35.5. The van der Waals surface area contributed by atoms with Crippen LogP contribution in [0.3, 0.4) is 0 Å². The molecule has 27 heavy (non-hydrogen) atoms. The molecule has 1 aromatic carbocycles. The highest BCUT2D eigenvalue weighted by Gasteiger charge is 2.12. The number of rotatable bonds is 7. The molecule has 0 spiro atoms. The number of hydrogen-bond acceptors (Lipinski definition) is 8. The molecule has 0 radical (unpaired) electrons. The van der Waals surface area contributed by atoms with E-state index in [9.17, 15) is 4.79 Å². The number of thioether (sulfide) groups is 1. The van der Waals surface area contributed by atoms with Crippen molar-refractivity contribution < 1.29 is 4.79 Å². The number of nitrogen functional groups attached to an aromatic ring is 1. The normalized spacial score (nSPS) is 11.0. The van der Waals surface area contributed by atoms with Crippen molar-refractivity contribution in [2.45, 2.75) is 12.1 Å². The van der Waals surface area contributed by atoms with Crippen LogP contribution in [-0.2, 0) is 4.79 Å². The second-order valence-corrected chi connectivity index (χ2v) is 7.72. The molecule has 0 unspecified atom stereocenters. The topological polar surface area (TPSA) is 110 Å². The van der Waals surface area contributed by atoms with Crippen molar-refractivity contribution in [1.29, 1.82) is 0 Å². The van der Waals surface area contributed by atoms with Crippen molar-refractivity contribution >= 4 is 58.5 Å². The molecule has 0 aliphatic heterocycles. The van der Waals surface area contributed by atoms with Crippen LogP contribution in [0.25, 0.3) is 0 Å². The Morgan fingerprint density at radius 3 is 3.07 bits per heavy atom. The van der Waals surface area contributed by atoms with Gasteiger partial charge in [-0.1, -0.05) is 35.5 Å². The van der Waals surface area contributed by atoms with Crippen LogP contribution in [0.2, 0.25) is 5.02 Å². The van der Waals surface area contributed by atoms with Crippen molar-refractivity contribution in [1.82, 2.24) is 14.9 Å². The largest absolute Gasteiger partial charge is 0.334 e. The number of nitrogens with zero attached hydrogens (tertiary/aromatic N) is 4. The van der Waals surface area contributed by atoms with Crippen LogP contribution in [-0.4, -0.2) is 32.7 Å². The van der Waals surface area contributed by atoms with Gasteiger partial charge in [-0.3, -0.25) is 4.79 Å². The zero-order valence-corrected chi connectivity index (χ0v) is 16.6. The van der Waals surface area contributed by atoms with E-state index < -0.39 is 0 Å². The van der Waals surface area contributed by atoms with Crippen molar-refractivity contribution in [2.75, 3.05) is 22.3 Å². The minimum absolute atomic E-state index is 0.125. The van der Waals surface area contributed by atoms with Gasteiger partial charge in [0.25, 0.3) is 5.95 Å². The maximum atomic E-state index is 12.2. The number of amides is 1. The Balaban J connectivity index is 1.54. The monoisotopic (exact) mass is 421 g/mol. The standard InChI is InChI=1S/C16H16ClN7OS2/c1-10-4-5-11(17)7-13(10)20-14(25)9-27-16-23-22-15(24(16)18)21-19-8-12-3-2-6-26-12/h2-8H,9,18H2,1H3,(H,20,25)(H,21,22)/b19-8+. The Kier molecular flexibility index (Phi) is 6.32. The lowest BCUT2D eigenvalue weighted by molar-refractivity contribution is -0.113. The minimum atomic E-state index is -0.196. The summed E-state index contributed by atoms with van der Waals surface area (Å²) in [6, 6.07) is 9.19. The number of nitrogens with one attached hydrogen (secondary N) is 2. The Labute approximate surface area is 168 Å². The van der Waals surface area contributed by atoms with Gasteiger partial charge in [-0.25, -0.2) is 10.1 Å². The molecule has 0 atom stereocenters. The molecule has 3 aromatic rings. The first-order valence-electron chi connectivity index (χ1n) is 7.75. The Bertz CT molecular complexity index is 956. The molecule has 0 aliphatic rings. The highest BCUT2D eigenvalue weighted by molar-refractivity contribution is 7.99. The van der Waals surface area contributed by atoms with Crippen molar-refractivity contribution in [2.24, 2.45) is 5.10 Å². The van der Waals surface area contributed by atoms with E-state index >= 15 is 0 Å². The van der Waals surface area contributed by atoms with Gasteiger partial charge in [0.05, 0.1) is 12.0 Å². The number of halogens is 1. The van der Waals surface area contributed by atoms with E-state index in [0.717, 1.165) is 10.4 Å². The number of hydrazone groups is 1. The van der Waals surface area contributed by atoms with Crippen LogP contribution in [0.1, 0.15) is 10.4 Å². The van der Waals surface area contributed by atoms with Crippen LogP contribution >= 0.6 is 34.7 Å². The summed E-state index contributed by atoms with van der Waals surface area (Å²) in [7, 11) is 0. The fourth-order valence-electron chi connectivity index (χ4n) is 2.02. The first kappa shape index (κ1) is 19.2. The lowest BCUT2D eigenvalue weighted by Gasteiger charge is -2.08. The van der Waals surface area contributed by atoms with Crippen LogP contribution < -0.4 is 16.6 Å². The van der Waals surface area contributed by atoms with Gasteiger partial charge in [0.15, 0.2) is 0 Å². The molecule has 1 amide bonds. The zero-order chi connectivity index (χ0) is 19.2. The number of carbonyl (C=O) groups excluding carboxylic acids is 1. The van der Waals surface area contributed by atoms with Gasteiger partial charge in [-0.05, 0) is 36.1 Å². The molecular weight excluding hydrogens is 406 g/mol. The molecule has 0 aliphatic carbocycles. The fourth-order valence-corrected chi connectivity index (χ4v) is 3.43. The van der Waals surface area contributed by atoms with E-state index in [2.05, 4.69) is 26.0 Å². The quantitative estimate of drug-likeness (QED) is 0.234. The van der Waals surface area contributed by atoms with Crippen molar-refractivity contribution in [3.05, 3.63) is 51.2 Å². The Hall–Kier alpha value is -2.56. The number of aromatic nitrogens is 3. The molecule has 4 N–H and O–H groups in total. The lowest BCUT2D eigenvalue weighted by Crippen LogP contribution is -2.17. The average Bonchev–Trinajstić information content (AvgIpc) is 3.27. The average molecular weight is 422 g/mol. The number of anilines is 2. The molecule has 0 fully saturated rings. The predicted octanol–water partition coefficient (Wildman–Crippen LogP) is 3.19. The van der Waals surface area contributed by atoms with Gasteiger partial charge in [0.2, 0.25) is 11.1 Å². The molecule has 2 heterocycles. The van der Waals surface area contributed by atoms with Gasteiger partial charge in [0, 0.05) is 15.6 Å². The molecule has 0 saturated carbocycles. The summed E-state index contributed by atoms with van der Waals surface area (Å²) in [5.41, 5.74) is 4.32. The van der Waals surface area contributed by atoms with E-state index in [1.54, 1.807) is 29.7 Å². The third-order valence-electron chi connectivity index (χ3n) is 3.37. The second kappa shape index (κ2) is 8.89. The van der Waals surface area contributed by atoms with Gasteiger partial charge in [-0.15, -0.1) is 21.5 Å². The van der Waals surface area contributed by atoms with Crippen LogP contribution in [0.4, 0.5) is 11.6 Å². The van der Waals surface area contributed by atoms with Gasteiger partial charge < -0.3 is 11.2 Å². The van der Waals surface area contributed by atoms with E-state index in [1.807, 2.05) is 30.5 Å². The molecule has 3 rings (SSSR count). The number of carbonyl (C=O) groups is 1. The molecule has 11 heteroatoms. The number of benzene rings is 1. The number of hydrogen-bond donors (Lipinski definition) is 3. The summed E-state index contributed by atoms with van der Waals surface area (Å²) >= 11 is 8.69. The van der Waals surface area contributed by atoms with Gasteiger partial charge in [0.1, 0.15) is 0 Å². The first-order chi connectivity index (χ1) is 13.0. The molecule has 2 aromatic heterocycles. The van der Waals surface area contributed by atoms with E-state index in [-0.39, 0.29) is 17.6 Å². The Morgan fingerprint density at radius 1 is 1.44 bits per heavy atom. The number of nitrogens with two attached hydrogens (primary N) is 1. The SMILES string of the molecule is Cc1ccc(Cl)cc1NC(=O)CSc1nnc(N/N=C/c2cccs2)n1N. The highest BCUT2D eigenvalue weighted by Crippen LogP contribution is 2.21. The summed E-state index contributed by atoms with van der Waals surface area (Å²) in [6.07, 6.45) is 1.66. The van der Waals surface area contributed by atoms with E-state index in [0.29, 0.717) is 15.9 Å². The molecule has 8 nitrogen and oxygen atoms in total. The maximum absolute atomic E-state index is 12.2. The molecular formula is C16H16ClN7OS2. The van der Waals surface area contributed by atoms with Crippen LogP contribution in [0, 0.1) is 6.92 Å². The molecule has 0 saturated heterocycles. The Morgan fingerprint density at radius 2 is 2.30 bits per heavy atom. The fraction of sp³-hybridized carbons (Fsp3) is 0.125. The van der Waals surface area contributed by atoms with Crippen molar-refractivity contribution in [3.8, 4) is 0 Å². The summed E-state index contributed by atoms with van der Waals surface area (Å²) in [5, 5.41) is 17.7. The molecule has 0 bridgehead atoms. The smallest absolute Gasteiger partial charge is 0.264 e. The summed E-state index contributed by atoms with van der Waals surface area (Å²) < 4.78 is 1.24. The molecule has 140 valence electrons. The minimum Gasteiger partial charge on any atom is -0.334 e. The predicted molar refractivity (Wildman–Crippen MR) is 111 cm³/mol. The van der Waals surface area contributed by atoms with Gasteiger partial charge in [-0.2, -0.15) is 5.10 Å². The lowest BCUT2D eigenvalue weighted by atomic mass is 10.2. The zero-order valence-electron chi connectivity index (χ0n) is 14.2. The maximum Gasteiger partial charge on any atom is 0.264 e. The second-order valence-electron chi connectivity index (χ2n) is 5.36. The third kappa shape index (κ3) is 5.22. The van der Waals surface area contributed by atoms with E-state index in [1.165, 1.54) is 16.4 Å². The summed E-state index contributed by atoms with van der Waals surface area (Å²) in [4.78, 5) is 13.2. The van der Waals surface area contributed by atoms with Crippen molar-refractivity contribution in [3.63, 3.8) is 0 Å². The third-order valence-corrected chi connectivity index (χ3v) is 5.36. The first-order valence-corrected chi connectivity index (χ1v) is 9.99. The van der Waals surface area contributed by atoms with Crippen LogP contribution in [0.15, 0.2) is 46.0 Å². The van der Waals surface area contributed by atoms with Crippen LogP contribution in [0.5, 0.6) is 0 Å². The summed E-state index contributed by atoms with van der Waals surface area (Å²) in [5.74, 6) is 6.14. The summed E-state index contributed by atoms with van der Waals surface area (Å²) in [6.45, 7) is 1.89. The number of thiophene rings is 1. The number of aryl methyl sites for hydroxylation is 1. The van der Waals surface area contributed by atoms with Gasteiger partial charge >= 0.3 is 0 Å².